The molecule has 1 aliphatic carbocycles. The van der Waals surface area contributed by atoms with Gasteiger partial charge < -0.3 is 15.6 Å². The van der Waals surface area contributed by atoms with E-state index in [2.05, 4.69) is 5.73 Å². The Kier molecular flexibility index (Phi) is 6.14. The molecule has 76 valence electrons. The Hall–Kier alpha value is -0.900. The van der Waals surface area contributed by atoms with E-state index in [1.54, 1.807) is 0 Å². The van der Waals surface area contributed by atoms with Gasteiger partial charge in [-0.15, -0.1) is 0 Å². The van der Waals surface area contributed by atoms with E-state index in [1.807, 2.05) is 0 Å². The third kappa shape index (κ3) is 7.46. The van der Waals surface area contributed by atoms with E-state index >= 15 is 0 Å². The number of aliphatic carboxylic acids is 1. The molecule has 0 atom stereocenters. The minimum absolute atomic E-state index is 0.786. The van der Waals surface area contributed by atoms with Crippen molar-refractivity contribution >= 4 is 11.8 Å². The van der Waals surface area contributed by atoms with Gasteiger partial charge in [0.2, 0.25) is 0 Å². The van der Waals surface area contributed by atoms with Crippen molar-refractivity contribution in [3.8, 4) is 0 Å². The van der Waals surface area contributed by atoms with Crippen LogP contribution in [0.4, 0.5) is 0 Å². The minimum atomic E-state index is -1.63. The number of carboxylic acids is 1. The van der Waals surface area contributed by atoms with Crippen LogP contribution in [0, 0.1) is 0 Å². The number of carbonyl (C=O) groups is 2. The lowest BCUT2D eigenvalue weighted by Gasteiger charge is -2.12. The molecule has 1 rings (SSSR count). The molecule has 0 aromatic carbocycles. The summed E-state index contributed by atoms with van der Waals surface area (Å²) < 4.78 is 0. The first-order chi connectivity index (χ1) is 6.04. The number of carboxylic acid groups (broad SMARTS) is 1. The van der Waals surface area contributed by atoms with Gasteiger partial charge >= 0.3 is 0 Å². The molecule has 0 bridgehead atoms. The second-order valence-corrected chi connectivity index (χ2v) is 3.35. The molecule has 13 heavy (non-hydrogen) atoms. The van der Waals surface area contributed by atoms with Crippen molar-refractivity contribution in [2.24, 2.45) is 0 Å². The first-order valence-corrected chi connectivity index (χ1v) is 4.59. The zero-order valence-electron chi connectivity index (χ0n) is 8.04. The standard InChI is InChI=1S/C6H13N.C3H4O3/c7-6-4-2-1-3-5-6;1-2(4)3(5)6/h6H,1-5,7H2;1H3,(H,5,6). The minimum Gasteiger partial charge on any atom is -0.542 e. The summed E-state index contributed by atoms with van der Waals surface area (Å²) in [7, 11) is 0. The van der Waals surface area contributed by atoms with Crippen LogP contribution in [0.5, 0.6) is 0 Å². The van der Waals surface area contributed by atoms with Crippen LogP contribution in [0.1, 0.15) is 39.0 Å². The highest BCUT2D eigenvalue weighted by Gasteiger charge is 2.09. The maximum atomic E-state index is 9.48. The molecular weight excluding hydrogens is 170 g/mol. The van der Waals surface area contributed by atoms with Gasteiger partial charge in [0, 0.05) is 6.92 Å². The summed E-state index contributed by atoms with van der Waals surface area (Å²) in [5, 5.41) is 9.24. The molecule has 0 aromatic rings. The van der Waals surface area contributed by atoms with Crippen LogP contribution in [0.2, 0.25) is 0 Å². The van der Waals surface area contributed by atoms with Crippen LogP contribution in [-0.2, 0) is 9.59 Å². The topological polar surface area (TPSA) is 84.8 Å². The first-order valence-electron chi connectivity index (χ1n) is 4.59. The number of Topliss-reactive ketones (excluding diaryl/α,β-unsaturated/α-hetero) is 1. The van der Waals surface area contributed by atoms with Crippen molar-refractivity contribution in [1.82, 2.24) is 0 Å². The number of rotatable bonds is 1. The number of quaternary nitrogens is 1. The van der Waals surface area contributed by atoms with E-state index in [1.165, 1.54) is 32.1 Å². The Morgan fingerprint density at radius 1 is 1.23 bits per heavy atom. The quantitative estimate of drug-likeness (QED) is 0.528. The van der Waals surface area contributed by atoms with Gasteiger partial charge in [0.15, 0.2) is 5.78 Å². The molecular formula is C9H17NO3. The molecule has 4 heteroatoms. The fourth-order valence-corrected chi connectivity index (χ4v) is 1.19. The van der Waals surface area contributed by atoms with Crippen LogP contribution >= 0.6 is 0 Å². The molecule has 0 unspecified atom stereocenters. The Bertz CT molecular complexity index is 162. The van der Waals surface area contributed by atoms with Gasteiger partial charge in [-0.1, -0.05) is 6.42 Å². The molecule has 0 heterocycles. The van der Waals surface area contributed by atoms with Crippen molar-refractivity contribution in [2.45, 2.75) is 45.1 Å². The normalized spacial score (nSPS) is 17.1. The summed E-state index contributed by atoms with van der Waals surface area (Å²) >= 11 is 0. The van der Waals surface area contributed by atoms with Gasteiger partial charge in [0.25, 0.3) is 0 Å². The van der Waals surface area contributed by atoms with Crippen molar-refractivity contribution in [3.63, 3.8) is 0 Å². The van der Waals surface area contributed by atoms with Gasteiger partial charge in [0.1, 0.15) is 5.97 Å². The summed E-state index contributed by atoms with van der Waals surface area (Å²) in [6, 6.07) is 0.786. The summed E-state index contributed by atoms with van der Waals surface area (Å²) in [6.07, 6.45) is 7.05. The molecule has 3 N–H and O–H groups in total. The zero-order chi connectivity index (χ0) is 10.3. The highest BCUT2D eigenvalue weighted by atomic mass is 16.4. The highest BCUT2D eigenvalue weighted by molar-refractivity contribution is 6.30. The number of hydrogen-bond acceptors (Lipinski definition) is 3. The van der Waals surface area contributed by atoms with E-state index in [0.29, 0.717) is 0 Å². The van der Waals surface area contributed by atoms with E-state index in [-0.39, 0.29) is 0 Å². The highest BCUT2D eigenvalue weighted by Crippen LogP contribution is 2.13. The summed E-state index contributed by atoms with van der Waals surface area (Å²) in [5.74, 6) is -2.56. The predicted molar refractivity (Wildman–Crippen MR) is 45.4 cm³/mol. The SMILES string of the molecule is CC(=O)C(=O)[O-].[NH3+]C1CCCCC1. The van der Waals surface area contributed by atoms with Crippen molar-refractivity contribution in [3.05, 3.63) is 0 Å². The molecule has 0 spiro atoms. The Labute approximate surface area is 78.1 Å². The van der Waals surface area contributed by atoms with Crippen LogP contribution < -0.4 is 10.8 Å². The number of carbonyl (C=O) groups excluding carboxylic acids is 2. The fraction of sp³-hybridized carbons (Fsp3) is 0.778. The Morgan fingerprint density at radius 2 is 1.62 bits per heavy atom. The maximum absolute atomic E-state index is 9.48. The first kappa shape index (κ1) is 12.1. The molecule has 0 aliphatic heterocycles. The van der Waals surface area contributed by atoms with Crippen LogP contribution in [0.25, 0.3) is 0 Å². The molecule has 4 nitrogen and oxygen atoms in total. The second kappa shape index (κ2) is 6.60. The van der Waals surface area contributed by atoms with E-state index in [4.69, 9.17) is 0 Å². The predicted octanol–water partition coefficient (Wildman–Crippen LogP) is -1.11. The van der Waals surface area contributed by atoms with E-state index < -0.39 is 11.8 Å². The number of hydrogen-bond donors (Lipinski definition) is 1. The van der Waals surface area contributed by atoms with Crippen LogP contribution in [0.15, 0.2) is 0 Å². The van der Waals surface area contributed by atoms with Crippen LogP contribution in [-0.4, -0.2) is 17.8 Å². The molecule has 0 aromatic heterocycles. The van der Waals surface area contributed by atoms with Gasteiger partial charge in [-0.2, -0.15) is 0 Å². The van der Waals surface area contributed by atoms with E-state index in [9.17, 15) is 14.7 Å². The van der Waals surface area contributed by atoms with Gasteiger partial charge in [-0.25, -0.2) is 0 Å². The number of ketones is 1. The smallest absolute Gasteiger partial charge is 0.175 e. The Morgan fingerprint density at radius 3 is 1.77 bits per heavy atom. The molecule has 1 aliphatic rings. The molecule has 0 saturated heterocycles. The average molecular weight is 187 g/mol. The molecule has 0 amide bonds. The third-order valence-electron chi connectivity index (χ3n) is 2.01. The van der Waals surface area contributed by atoms with Gasteiger partial charge in [0.05, 0.1) is 6.04 Å². The lowest BCUT2D eigenvalue weighted by atomic mass is 9.97. The lowest BCUT2D eigenvalue weighted by molar-refractivity contribution is -0.425. The van der Waals surface area contributed by atoms with Gasteiger partial charge in [-0.3, -0.25) is 4.79 Å². The van der Waals surface area contributed by atoms with Crippen molar-refractivity contribution < 1.29 is 20.4 Å². The fourth-order valence-electron chi connectivity index (χ4n) is 1.19. The van der Waals surface area contributed by atoms with Crippen molar-refractivity contribution in [1.29, 1.82) is 0 Å². The van der Waals surface area contributed by atoms with E-state index in [0.717, 1.165) is 13.0 Å². The van der Waals surface area contributed by atoms with Gasteiger partial charge in [-0.05, 0) is 25.7 Å². The summed E-state index contributed by atoms with van der Waals surface area (Å²) in [6.45, 7) is 0.940. The largest absolute Gasteiger partial charge is 0.542 e. The molecule has 0 radical (unpaired) electrons. The maximum Gasteiger partial charge on any atom is 0.175 e. The second-order valence-electron chi connectivity index (χ2n) is 3.35. The summed E-state index contributed by atoms with van der Waals surface area (Å²) in [5.41, 5.74) is 4.00. The Balaban J connectivity index is 0.000000226. The average Bonchev–Trinajstić information content (AvgIpc) is 2.06. The lowest BCUT2D eigenvalue weighted by Crippen LogP contribution is -2.61. The van der Waals surface area contributed by atoms with Crippen LogP contribution in [0.3, 0.4) is 0 Å². The zero-order valence-corrected chi connectivity index (χ0v) is 8.04. The summed E-state index contributed by atoms with van der Waals surface area (Å²) in [4.78, 5) is 18.7. The monoisotopic (exact) mass is 187 g/mol. The molecule has 1 fully saturated rings. The third-order valence-corrected chi connectivity index (χ3v) is 2.01. The van der Waals surface area contributed by atoms with Crippen molar-refractivity contribution in [2.75, 3.05) is 0 Å². The molecule has 1 saturated carbocycles.